The number of benzene rings is 1. The molecule has 0 amide bonds. The van der Waals surface area contributed by atoms with E-state index < -0.39 is 0 Å². The quantitative estimate of drug-likeness (QED) is 0.894. The Balaban J connectivity index is 0.00000180. The minimum atomic E-state index is 0. The third kappa shape index (κ3) is 4.92. The standard InChI is InChI=1S/C13H18Cl2N2O.2ClH/c1-9(10-2-3-12(14)13(15)6-10)17-4-5-18-11(7-16)8-17;;/h2-3,6,9,11H,4-5,7-8,16H2,1H3;2*1H/t9?,11-;;/m0../s1. The van der Waals surface area contributed by atoms with Gasteiger partial charge in [-0.1, -0.05) is 29.3 Å². The van der Waals surface area contributed by atoms with Crippen molar-refractivity contribution in [2.75, 3.05) is 26.2 Å². The zero-order chi connectivity index (χ0) is 13.1. The molecule has 1 saturated heterocycles. The van der Waals surface area contributed by atoms with Crippen LogP contribution in [0.5, 0.6) is 0 Å². The predicted octanol–water partition coefficient (Wildman–Crippen LogP) is 3.56. The Hall–Kier alpha value is 0.260. The van der Waals surface area contributed by atoms with Gasteiger partial charge in [0.15, 0.2) is 0 Å². The summed E-state index contributed by atoms with van der Waals surface area (Å²) in [6, 6.07) is 6.09. The van der Waals surface area contributed by atoms with Crippen molar-refractivity contribution in [2.24, 2.45) is 5.73 Å². The average molecular weight is 362 g/mol. The molecule has 7 heteroatoms. The van der Waals surface area contributed by atoms with Crippen molar-refractivity contribution < 1.29 is 4.74 Å². The number of nitrogens with zero attached hydrogens (tertiary/aromatic N) is 1. The lowest BCUT2D eigenvalue weighted by molar-refractivity contribution is -0.0364. The predicted molar refractivity (Wildman–Crippen MR) is 89.7 cm³/mol. The van der Waals surface area contributed by atoms with E-state index in [-0.39, 0.29) is 37.0 Å². The molecule has 0 bridgehead atoms. The molecule has 116 valence electrons. The second-order valence-corrected chi connectivity index (χ2v) is 5.39. The molecule has 3 nitrogen and oxygen atoms in total. The van der Waals surface area contributed by atoms with Crippen LogP contribution in [0.3, 0.4) is 0 Å². The van der Waals surface area contributed by atoms with E-state index in [4.69, 9.17) is 33.7 Å². The third-order valence-corrected chi connectivity index (χ3v) is 4.15. The number of ether oxygens (including phenoxy) is 1. The van der Waals surface area contributed by atoms with E-state index in [1.165, 1.54) is 5.56 Å². The first kappa shape index (κ1) is 20.3. The van der Waals surface area contributed by atoms with Crippen LogP contribution in [0, 0.1) is 0 Å². The fraction of sp³-hybridized carbons (Fsp3) is 0.538. The number of nitrogens with two attached hydrogens (primary N) is 1. The van der Waals surface area contributed by atoms with E-state index in [0.717, 1.165) is 19.7 Å². The average Bonchev–Trinajstić information content (AvgIpc) is 2.41. The Morgan fingerprint density at radius 2 is 2.05 bits per heavy atom. The molecular formula is C13H20Cl4N2O. The summed E-state index contributed by atoms with van der Waals surface area (Å²) in [4.78, 5) is 2.36. The lowest BCUT2D eigenvalue weighted by atomic mass is 10.1. The van der Waals surface area contributed by atoms with Crippen LogP contribution in [0.15, 0.2) is 18.2 Å². The largest absolute Gasteiger partial charge is 0.374 e. The molecule has 1 aliphatic rings. The summed E-state index contributed by atoms with van der Waals surface area (Å²) in [5.41, 5.74) is 6.83. The SMILES string of the molecule is CC(c1ccc(Cl)c(Cl)c1)N1CCO[C@@H](CN)C1.Cl.Cl. The number of hydrogen-bond acceptors (Lipinski definition) is 3. The lowest BCUT2D eigenvalue weighted by Gasteiger charge is -2.36. The zero-order valence-electron chi connectivity index (χ0n) is 11.2. The lowest BCUT2D eigenvalue weighted by Crippen LogP contribution is -2.46. The molecule has 0 radical (unpaired) electrons. The fourth-order valence-electron chi connectivity index (χ4n) is 2.22. The molecule has 0 aromatic heterocycles. The van der Waals surface area contributed by atoms with E-state index in [0.29, 0.717) is 16.6 Å². The molecule has 0 saturated carbocycles. The van der Waals surface area contributed by atoms with Gasteiger partial charge in [0, 0.05) is 25.7 Å². The molecule has 1 unspecified atom stereocenters. The van der Waals surface area contributed by atoms with Gasteiger partial charge in [-0.25, -0.2) is 0 Å². The van der Waals surface area contributed by atoms with Crippen LogP contribution in [-0.4, -0.2) is 37.2 Å². The molecule has 2 atom stereocenters. The minimum absolute atomic E-state index is 0. The second-order valence-electron chi connectivity index (χ2n) is 4.57. The molecule has 2 N–H and O–H groups in total. The van der Waals surface area contributed by atoms with Crippen LogP contribution in [0.1, 0.15) is 18.5 Å². The molecule has 1 aromatic carbocycles. The molecule has 2 rings (SSSR count). The van der Waals surface area contributed by atoms with Crippen LogP contribution in [0.4, 0.5) is 0 Å². The summed E-state index contributed by atoms with van der Waals surface area (Å²) >= 11 is 12.0. The van der Waals surface area contributed by atoms with Gasteiger partial charge in [0.25, 0.3) is 0 Å². The van der Waals surface area contributed by atoms with Crippen molar-refractivity contribution in [1.82, 2.24) is 4.90 Å². The van der Waals surface area contributed by atoms with Gasteiger partial charge in [-0.3, -0.25) is 4.90 Å². The molecule has 1 heterocycles. The molecule has 1 fully saturated rings. The van der Waals surface area contributed by atoms with Gasteiger partial charge >= 0.3 is 0 Å². The highest BCUT2D eigenvalue weighted by atomic mass is 35.5. The van der Waals surface area contributed by atoms with Crippen LogP contribution in [0.2, 0.25) is 10.0 Å². The Morgan fingerprint density at radius 1 is 1.35 bits per heavy atom. The Morgan fingerprint density at radius 3 is 2.65 bits per heavy atom. The molecular weight excluding hydrogens is 342 g/mol. The Labute approximate surface area is 142 Å². The maximum absolute atomic E-state index is 6.06. The van der Waals surface area contributed by atoms with E-state index >= 15 is 0 Å². The van der Waals surface area contributed by atoms with Crippen molar-refractivity contribution in [1.29, 1.82) is 0 Å². The number of hydrogen-bond donors (Lipinski definition) is 1. The number of halogens is 4. The molecule has 1 aliphatic heterocycles. The third-order valence-electron chi connectivity index (χ3n) is 3.41. The van der Waals surface area contributed by atoms with E-state index in [1.807, 2.05) is 18.2 Å². The minimum Gasteiger partial charge on any atom is -0.374 e. The monoisotopic (exact) mass is 360 g/mol. The Bertz CT molecular complexity index is 419. The van der Waals surface area contributed by atoms with Gasteiger partial charge in [0.05, 0.1) is 22.8 Å². The smallest absolute Gasteiger partial charge is 0.0824 e. The maximum atomic E-state index is 6.06. The van der Waals surface area contributed by atoms with E-state index in [9.17, 15) is 0 Å². The van der Waals surface area contributed by atoms with Crippen LogP contribution < -0.4 is 5.73 Å². The summed E-state index contributed by atoms with van der Waals surface area (Å²) in [5, 5.41) is 1.19. The van der Waals surface area contributed by atoms with Crippen LogP contribution in [-0.2, 0) is 4.74 Å². The summed E-state index contributed by atoms with van der Waals surface area (Å²) in [7, 11) is 0. The van der Waals surface area contributed by atoms with E-state index in [2.05, 4.69) is 11.8 Å². The van der Waals surface area contributed by atoms with Crippen molar-refractivity contribution in [3.8, 4) is 0 Å². The van der Waals surface area contributed by atoms with Gasteiger partial charge in [-0.05, 0) is 24.6 Å². The highest BCUT2D eigenvalue weighted by molar-refractivity contribution is 6.42. The molecule has 1 aromatic rings. The van der Waals surface area contributed by atoms with Gasteiger partial charge in [-0.2, -0.15) is 0 Å². The van der Waals surface area contributed by atoms with Crippen molar-refractivity contribution in [3.05, 3.63) is 33.8 Å². The van der Waals surface area contributed by atoms with Crippen molar-refractivity contribution in [3.63, 3.8) is 0 Å². The summed E-state index contributed by atoms with van der Waals surface area (Å²) < 4.78 is 5.57. The number of rotatable bonds is 3. The highest BCUT2D eigenvalue weighted by Gasteiger charge is 2.24. The first-order valence-electron chi connectivity index (χ1n) is 6.12. The maximum Gasteiger partial charge on any atom is 0.0824 e. The fourth-order valence-corrected chi connectivity index (χ4v) is 2.53. The van der Waals surface area contributed by atoms with Gasteiger partial charge in [0.1, 0.15) is 0 Å². The molecule has 0 aliphatic carbocycles. The molecule has 0 spiro atoms. The zero-order valence-corrected chi connectivity index (χ0v) is 14.4. The van der Waals surface area contributed by atoms with Gasteiger partial charge in [-0.15, -0.1) is 24.8 Å². The first-order chi connectivity index (χ1) is 8.61. The second kappa shape index (κ2) is 9.31. The van der Waals surface area contributed by atoms with Crippen molar-refractivity contribution in [2.45, 2.75) is 19.1 Å². The summed E-state index contributed by atoms with van der Waals surface area (Å²) in [6.45, 7) is 5.23. The molecule has 20 heavy (non-hydrogen) atoms. The number of morpholine rings is 1. The van der Waals surface area contributed by atoms with E-state index in [1.54, 1.807) is 0 Å². The Kier molecular flexibility index (Phi) is 9.43. The topological polar surface area (TPSA) is 38.5 Å². The first-order valence-corrected chi connectivity index (χ1v) is 6.88. The summed E-state index contributed by atoms with van der Waals surface area (Å²) in [6.07, 6.45) is 0.129. The summed E-state index contributed by atoms with van der Waals surface area (Å²) in [5.74, 6) is 0. The van der Waals surface area contributed by atoms with Gasteiger partial charge < -0.3 is 10.5 Å². The normalized spacial score (nSPS) is 20.7. The van der Waals surface area contributed by atoms with Gasteiger partial charge in [0.2, 0.25) is 0 Å². The van der Waals surface area contributed by atoms with Crippen molar-refractivity contribution >= 4 is 48.0 Å². The van der Waals surface area contributed by atoms with Crippen LogP contribution >= 0.6 is 48.0 Å². The van der Waals surface area contributed by atoms with Crippen LogP contribution in [0.25, 0.3) is 0 Å². The highest BCUT2D eigenvalue weighted by Crippen LogP contribution is 2.28.